The fourth-order valence-electron chi connectivity index (χ4n) is 4.84. The second kappa shape index (κ2) is 12.7. The molecule has 13 heteroatoms. The van der Waals surface area contributed by atoms with E-state index in [1.165, 1.54) is 30.1 Å². The zero-order valence-electron chi connectivity index (χ0n) is 22.1. The van der Waals surface area contributed by atoms with Gasteiger partial charge in [0.15, 0.2) is 0 Å². The number of urea groups is 1. The second-order valence-electron chi connectivity index (χ2n) is 9.17. The monoisotopic (exact) mass is 578 g/mol. The van der Waals surface area contributed by atoms with E-state index in [1.807, 2.05) is 0 Å². The summed E-state index contributed by atoms with van der Waals surface area (Å²) in [5.41, 5.74) is 0.947. The molecule has 2 aromatic rings. The van der Waals surface area contributed by atoms with E-state index >= 15 is 0 Å². The number of nitrogens with zero attached hydrogens (tertiary/aromatic N) is 4. The summed E-state index contributed by atoms with van der Waals surface area (Å²) in [6.45, 7) is 4.16. The van der Waals surface area contributed by atoms with E-state index in [4.69, 9.17) is 42.4 Å². The first-order valence-electron chi connectivity index (χ1n) is 12.6. The van der Waals surface area contributed by atoms with Crippen molar-refractivity contribution in [3.05, 3.63) is 40.5 Å². The summed E-state index contributed by atoms with van der Waals surface area (Å²) >= 11 is 13.3. The Morgan fingerprint density at radius 1 is 1.15 bits per heavy atom. The Kier molecular flexibility index (Phi) is 9.36. The van der Waals surface area contributed by atoms with Gasteiger partial charge in [-0.2, -0.15) is 4.98 Å². The van der Waals surface area contributed by atoms with E-state index in [2.05, 4.69) is 22.2 Å². The molecular weight excluding hydrogens is 547 g/mol. The zero-order valence-corrected chi connectivity index (χ0v) is 23.6. The van der Waals surface area contributed by atoms with Gasteiger partial charge < -0.3 is 24.8 Å². The van der Waals surface area contributed by atoms with Crippen LogP contribution in [-0.2, 0) is 16.1 Å². The number of aromatic nitrogens is 2. The Labute approximate surface area is 237 Å². The van der Waals surface area contributed by atoms with Crippen molar-refractivity contribution in [1.82, 2.24) is 15.3 Å². The maximum Gasteiger partial charge on any atom is 0.330 e. The molecule has 3 amide bonds. The molecule has 11 nitrogen and oxygen atoms in total. The van der Waals surface area contributed by atoms with Crippen LogP contribution in [0.25, 0.3) is 0 Å². The van der Waals surface area contributed by atoms with Crippen molar-refractivity contribution in [3.8, 4) is 11.5 Å². The molecule has 2 atom stereocenters. The fraction of sp³-hybridized carbons (Fsp3) is 0.462. The second-order valence-corrected chi connectivity index (χ2v) is 9.92. The third-order valence-electron chi connectivity index (χ3n) is 6.82. The number of benzene rings is 1. The third-order valence-corrected chi connectivity index (χ3v) is 7.55. The maximum absolute atomic E-state index is 13.9. The molecule has 1 aliphatic carbocycles. The van der Waals surface area contributed by atoms with Gasteiger partial charge in [0.2, 0.25) is 11.9 Å². The van der Waals surface area contributed by atoms with Gasteiger partial charge in [0.1, 0.15) is 27.4 Å². The Morgan fingerprint density at radius 3 is 2.44 bits per heavy atom. The van der Waals surface area contributed by atoms with E-state index in [0.717, 1.165) is 25.7 Å². The lowest BCUT2D eigenvalue weighted by atomic mass is 9.90. The van der Waals surface area contributed by atoms with Gasteiger partial charge in [-0.05, 0) is 18.9 Å². The number of methoxy groups -OCH3 is 3. The van der Waals surface area contributed by atoms with E-state index < -0.39 is 6.03 Å². The topological polar surface area (TPSA) is 118 Å². The fourth-order valence-corrected chi connectivity index (χ4v) is 5.54. The number of halogens is 2. The number of rotatable bonds is 10. The van der Waals surface area contributed by atoms with Gasteiger partial charge in [0.05, 0.1) is 39.6 Å². The molecular formula is C26H32Cl2N6O5. The van der Waals surface area contributed by atoms with E-state index in [-0.39, 0.29) is 53.4 Å². The molecule has 0 saturated heterocycles. The van der Waals surface area contributed by atoms with Gasteiger partial charge in [-0.15, -0.1) is 0 Å². The summed E-state index contributed by atoms with van der Waals surface area (Å²) in [7, 11) is 4.50. The van der Waals surface area contributed by atoms with Crippen LogP contribution in [0, 0.1) is 0 Å². The van der Waals surface area contributed by atoms with Crippen LogP contribution >= 0.6 is 23.2 Å². The third kappa shape index (κ3) is 6.00. The molecule has 1 aromatic heterocycles. The average molecular weight is 579 g/mol. The van der Waals surface area contributed by atoms with Crippen LogP contribution < -0.4 is 29.9 Å². The molecule has 4 rings (SSSR count). The lowest BCUT2D eigenvalue weighted by Gasteiger charge is -2.37. The predicted octanol–water partition coefficient (Wildman–Crippen LogP) is 4.42. The van der Waals surface area contributed by atoms with Crippen LogP contribution in [0.5, 0.6) is 11.5 Å². The molecule has 0 radical (unpaired) electrons. The van der Waals surface area contributed by atoms with Gasteiger partial charge in [-0.25, -0.2) is 9.78 Å². The molecule has 1 aliphatic heterocycles. The molecule has 1 aromatic carbocycles. The zero-order chi connectivity index (χ0) is 28.1. The Bertz CT molecular complexity index is 1220. The van der Waals surface area contributed by atoms with Crippen LogP contribution in [-0.4, -0.2) is 68.5 Å². The molecule has 210 valence electrons. The molecule has 0 spiro atoms. The molecule has 2 unspecified atom stereocenters. The van der Waals surface area contributed by atoms with Crippen LogP contribution in [0.3, 0.4) is 0 Å². The average Bonchev–Trinajstić information content (AvgIpc) is 2.94. The summed E-state index contributed by atoms with van der Waals surface area (Å²) in [6.07, 6.45) is 6.65. The minimum absolute atomic E-state index is 0.0641. The molecule has 2 N–H and O–H groups in total. The van der Waals surface area contributed by atoms with Gasteiger partial charge in [0.25, 0.3) is 0 Å². The normalized spacial score (nSPS) is 18.8. The van der Waals surface area contributed by atoms with Gasteiger partial charge >= 0.3 is 6.03 Å². The summed E-state index contributed by atoms with van der Waals surface area (Å²) in [5.74, 6) is 1.23. The number of anilines is 3. The number of amides is 3. The first-order valence-corrected chi connectivity index (χ1v) is 13.3. The lowest BCUT2D eigenvalue weighted by molar-refractivity contribution is -0.117. The molecule has 39 heavy (non-hydrogen) atoms. The molecule has 2 heterocycles. The largest absolute Gasteiger partial charge is 0.495 e. The number of hydrogen-bond donors (Lipinski definition) is 2. The SMILES string of the molecule is C=CC(=O)NC1CCCCC1Nc1ncc2c(n1)N(CCOC)C(=O)N(c1c(Cl)c(OC)cc(OC)c1Cl)C2. The Balaban J connectivity index is 1.69. The maximum atomic E-state index is 13.9. The van der Waals surface area contributed by atoms with E-state index in [9.17, 15) is 9.59 Å². The molecule has 2 aliphatic rings. The number of fused-ring (bicyclic) bond motifs is 1. The van der Waals surface area contributed by atoms with Crippen molar-refractivity contribution < 1.29 is 23.8 Å². The number of nitrogens with one attached hydrogen (secondary N) is 2. The van der Waals surface area contributed by atoms with Crippen molar-refractivity contribution >= 4 is 52.6 Å². The first-order chi connectivity index (χ1) is 18.8. The van der Waals surface area contributed by atoms with Crippen LogP contribution in [0.1, 0.15) is 31.2 Å². The van der Waals surface area contributed by atoms with Gasteiger partial charge in [0, 0.05) is 37.0 Å². The summed E-state index contributed by atoms with van der Waals surface area (Å²) in [6, 6.07) is 1.02. The van der Waals surface area contributed by atoms with Crippen molar-refractivity contribution in [2.45, 2.75) is 44.3 Å². The summed E-state index contributed by atoms with van der Waals surface area (Å²) in [5, 5.41) is 6.71. The van der Waals surface area contributed by atoms with Crippen molar-refractivity contribution in [2.24, 2.45) is 0 Å². The van der Waals surface area contributed by atoms with Crippen molar-refractivity contribution in [2.75, 3.05) is 49.6 Å². The minimum atomic E-state index is -0.392. The van der Waals surface area contributed by atoms with E-state index in [0.29, 0.717) is 28.8 Å². The standard InChI is InChI=1S/C26H32Cl2N6O5/c1-5-20(35)30-16-8-6-7-9-17(16)31-25-29-13-15-14-34(26(36)33(10-11-37-2)24(15)32-25)23-21(27)18(38-3)12-19(39-4)22(23)28/h5,12-13,16-17H,1,6-11,14H2,2-4H3,(H,30,35)(H,29,31,32). The Hall–Kier alpha value is -3.28. The molecule has 1 fully saturated rings. The quantitative estimate of drug-likeness (QED) is 0.398. The lowest BCUT2D eigenvalue weighted by Crippen LogP contribution is -2.50. The van der Waals surface area contributed by atoms with Crippen LogP contribution in [0.15, 0.2) is 24.9 Å². The van der Waals surface area contributed by atoms with Crippen LogP contribution in [0.4, 0.5) is 22.2 Å². The van der Waals surface area contributed by atoms with Gasteiger partial charge in [-0.1, -0.05) is 42.6 Å². The number of carbonyl (C=O) groups excluding carboxylic acids is 2. The Morgan fingerprint density at radius 2 is 1.82 bits per heavy atom. The number of ether oxygens (including phenoxy) is 3. The van der Waals surface area contributed by atoms with Gasteiger partial charge in [-0.3, -0.25) is 14.6 Å². The molecule has 0 bridgehead atoms. The number of carbonyl (C=O) groups is 2. The van der Waals surface area contributed by atoms with Crippen molar-refractivity contribution in [3.63, 3.8) is 0 Å². The molecule has 1 saturated carbocycles. The van der Waals surface area contributed by atoms with Crippen molar-refractivity contribution in [1.29, 1.82) is 0 Å². The number of hydrogen-bond acceptors (Lipinski definition) is 8. The minimum Gasteiger partial charge on any atom is -0.495 e. The predicted molar refractivity (Wildman–Crippen MR) is 150 cm³/mol. The highest BCUT2D eigenvalue weighted by molar-refractivity contribution is 6.42. The summed E-state index contributed by atoms with van der Waals surface area (Å²) in [4.78, 5) is 38.0. The summed E-state index contributed by atoms with van der Waals surface area (Å²) < 4.78 is 16.1. The highest BCUT2D eigenvalue weighted by atomic mass is 35.5. The smallest absolute Gasteiger partial charge is 0.330 e. The van der Waals surface area contributed by atoms with Crippen LogP contribution in [0.2, 0.25) is 10.0 Å². The highest BCUT2D eigenvalue weighted by Crippen LogP contribution is 2.48. The van der Waals surface area contributed by atoms with E-state index in [1.54, 1.807) is 19.4 Å². The highest BCUT2D eigenvalue weighted by Gasteiger charge is 2.37. The first kappa shape index (κ1) is 28.7.